The fourth-order valence-electron chi connectivity index (χ4n) is 3.85. The maximum absolute atomic E-state index is 12.6. The van der Waals surface area contributed by atoms with Gasteiger partial charge in [-0.2, -0.15) is 10.5 Å². The molecule has 0 aliphatic carbocycles. The molecule has 1 amide bonds. The minimum Gasteiger partial charge on any atom is -0.368 e. The zero-order valence-corrected chi connectivity index (χ0v) is 20.2. The molecule has 9 heteroatoms. The molecule has 2 aromatic rings. The Morgan fingerprint density at radius 3 is 2.44 bits per heavy atom. The lowest BCUT2D eigenvalue weighted by molar-refractivity contribution is -0.117. The van der Waals surface area contributed by atoms with E-state index >= 15 is 0 Å². The summed E-state index contributed by atoms with van der Waals surface area (Å²) in [5.74, 6) is -0.0167. The van der Waals surface area contributed by atoms with E-state index in [1.807, 2.05) is 6.92 Å². The second-order valence-corrected chi connectivity index (χ2v) is 12.4. The highest BCUT2D eigenvalue weighted by molar-refractivity contribution is 8.00. The van der Waals surface area contributed by atoms with Gasteiger partial charge in [-0.15, -0.1) is 0 Å². The molecule has 0 bridgehead atoms. The zero-order valence-electron chi connectivity index (χ0n) is 18.5. The van der Waals surface area contributed by atoms with Gasteiger partial charge in [0.1, 0.15) is 35.4 Å². The summed E-state index contributed by atoms with van der Waals surface area (Å²) in [5, 5.41) is 19.9. The van der Waals surface area contributed by atoms with Gasteiger partial charge in [-0.1, -0.05) is 36.9 Å². The van der Waals surface area contributed by atoms with Crippen molar-refractivity contribution in [3.8, 4) is 12.1 Å². The van der Waals surface area contributed by atoms with Gasteiger partial charge in [0.2, 0.25) is 5.91 Å². The minimum absolute atomic E-state index is 0.302. The van der Waals surface area contributed by atoms with Gasteiger partial charge in [-0.3, -0.25) is 4.79 Å². The number of benzene rings is 1. The number of amides is 1. The first-order valence-electron chi connectivity index (χ1n) is 10.4. The summed E-state index contributed by atoms with van der Waals surface area (Å²) < 4.78 is 12.6. The van der Waals surface area contributed by atoms with Crippen LogP contribution in [0.2, 0.25) is 0 Å². The van der Waals surface area contributed by atoms with Crippen molar-refractivity contribution in [2.75, 3.05) is 31.3 Å². The summed E-state index contributed by atoms with van der Waals surface area (Å²) in [6.07, 6.45) is 2.52. The van der Waals surface area contributed by atoms with E-state index in [0.717, 1.165) is 37.7 Å². The quantitative estimate of drug-likeness (QED) is 0.488. The number of carbonyl (C=O) groups excluding carboxylic acids is 1. The molecule has 7 nitrogen and oxygen atoms in total. The molecule has 0 radical (unpaired) electrons. The predicted molar refractivity (Wildman–Crippen MR) is 128 cm³/mol. The van der Waals surface area contributed by atoms with Crippen molar-refractivity contribution >= 4 is 35.9 Å². The molecule has 1 unspecified atom stereocenters. The maximum Gasteiger partial charge on any atom is 0.235 e. The topological polar surface area (TPSA) is 124 Å². The number of carbonyl (C=O) groups is 1. The molecule has 166 valence electrons. The van der Waals surface area contributed by atoms with Crippen LogP contribution >= 0.6 is 18.9 Å². The average Bonchev–Trinajstić information content (AvgIpc) is 3.30. The van der Waals surface area contributed by atoms with Gasteiger partial charge in [-0.25, -0.2) is 4.98 Å². The molecule has 3 rings (SSSR count). The van der Waals surface area contributed by atoms with E-state index in [2.05, 4.69) is 17.0 Å². The molecule has 0 saturated carbocycles. The van der Waals surface area contributed by atoms with Crippen LogP contribution in [0.5, 0.6) is 0 Å². The van der Waals surface area contributed by atoms with Crippen molar-refractivity contribution in [2.24, 2.45) is 5.73 Å². The summed E-state index contributed by atoms with van der Waals surface area (Å²) in [6.45, 7) is 6.83. The number of aromatic nitrogens is 1. The minimum atomic E-state index is -2.53. The Bertz CT molecular complexity index is 1170. The number of thioether (sulfide) groups is 1. The van der Waals surface area contributed by atoms with Crippen LogP contribution in [-0.4, -0.2) is 37.3 Å². The highest BCUT2D eigenvalue weighted by atomic mass is 32.2. The van der Waals surface area contributed by atoms with Crippen molar-refractivity contribution in [1.82, 2.24) is 4.98 Å². The van der Waals surface area contributed by atoms with Crippen molar-refractivity contribution < 1.29 is 9.36 Å². The molecule has 32 heavy (non-hydrogen) atoms. The second-order valence-electron chi connectivity index (χ2n) is 8.09. The third-order valence-corrected chi connectivity index (χ3v) is 8.29. The Morgan fingerprint density at radius 2 is 1.91 bits per heavy atom. The Labute approximate surface area is 193 Å². The number of primary amides is 1. The largest absolute Gasteiger partial charge is 0.368 e. The lowest BCUT2D eigenvalue weighted by atomic mass is 10.0. The molecule has 1 atom stereocenters. The van der Waals surface area contributed by atoms with Gasteiger partial charge >= 0.3 is 0 Å². The van der Waals surface area contributed by atoms with Crippen LogP contribution in [0.25, 0.3) is 0 Å². The highest BCUT2D eigenvalue weighted by Gasteiger charge is 2.28. The fraction of sp³-hybridized carbons (Fsp3) is 0.391. The first-order chi connectivity index (χ1) is 15.2. The third kappa shape index (κ3) is 4.83. The molecular weight excluding hydrogens is 441 g/mol. The van der Waals surface area contributed by atoms with Crippen molar-refractivity contribution in [1.29, 1.82) is 10.5 Å². The van der Waals surface area contributed by atoms with Crippen LogP contribution in [0.4, 0.5) is 5.82 Å². The van der Waals surface area contributed by atoms with Crippen LogP contribution in [0.15, 0.2) is 29.3 Å². The predicted octanol–water partition coefficient (Wildman–Crippen LogP) is 3.55. The number of nitrogens with two attached hydrogens (primary N) is 1. The molecule has 1 aromatic carbocycles. The number of rotatable bonds is 7. The molecule has 1 saturated heterocycles. The van der Waals surface area contributed by atoms with Gasteiger partial charge in [0.15, 0.2) is 0 Å². The summed E-state index contributed by atoms with van der Waals surface area (Å²) in [4.78, 5) is 19.2. The summed E-state index contributed by atoms with van der Waals surface area (Å²) in [5.41, 5.74) is 7.72. The molecule has 1 aliphatic heterocycles. The smallest absolute Gasteiger partial charge is 0.235 e. The Morgan fingerprint density at radius 1 is 1.25 bits per heavy atom. The molecule has 1 aliphatic rings. The summed E-state index contributed by atoms with van der Waals surface area (Å²) >= 11 is 1.11. The van der Waals surface area contributed by atoms with Crippen LogP contribution in [0.1, 0.15) is 47.3 Å². The van der Waals surface area contributed by atoms with Crippen molar-refractivity contribution in [3.05, 3.63) is 46.5 Å². The molecule has 2 heterocycles. The van der Waals surface area contributed by atoms with E-state index in [9.17, 15) is 19.9 Å². The zero-order chi connectivity index (χ0) is 23.5. The van der Waals surface area contributed by atoms with Crippen LogP contribution < -0.4 is 15.9 Å². The Kier molecular flexibility index (Phi) is 7.29. The number of hydrogen-bond donors (Lipinski definition) is 1. The van der Waals surface area contributed by atoms with Crippen molar-refractivity contribution in [2.45, 2.75) is 36.5 Å². The third-order valence-electron chi connectivity index (χ3n) is 5.51. The second kappa shape index (κ2) is 9.77. The molecule has 2 N–H and O–H groups in total. The SMILES string of the molecule is CCc1c(C#N)c(SC(C(N)=O)c2cccc(P(C)(C)=O)c2)nc(N2CCCC2)c1C#N. The van der Waals surface area contributed by atoms with Crippen LogP contribution in [0.3, 0.4) is 0 Å². The molecular formula is C23H26N5O2PS. The number of anilines is 1. The average molecular weight is 468 g/mol. The molecule has 1 fully saturated rings. The van der Waals surface area contributed by atoms with E-state index in [1.54, 1.807) is 37.6 Å². The Balaban J connectivity index is 2.14. The number of hydrogen-bond acceptors (Lipinski definition) is 7. The van der Waals surface area contributed by atoms with E-state index in [-0.39, 0.29) is 0 Å². The van der Waals surface area contributed by atoms with E-state index < -0.39 is 18.3 Å². The first kappa shape index (κ1) is 23.9. The number of nitriles is 2. The molecule has 1 aromatic heterocycles. The van der Waals surface area contributed by atoms with Crippen molar-refractivity contribution in [3.63, 3.8) is 0 Å². The standard InChI is InChI=1S/C23H26N5O2PS/c1-4-17-18(13-24)22(28-10-5-6-11-28)27-23(19(17)14-25)32-20(21(26)29)15-8-7-9-16(12-15)31(2,3)30/h7-9,12,20H,4-6,10-11H2,1-3H3,(H2,26,29). The lowest BCUT2D eigenvalue weighted by Gasteiger charge is -2.23. The van der Waals surface area contributed by atoms with E-state index in [0.29, 0.717) is 44.8 Å². The van der Waals surface area contributed by atoms with Gasteiger partial charge in [-0.05, 0) is 49.8 Å². The first-order valence-corrected chi connectivity index (χ1v) is 13.9. The normalized spacial score (nSPS) is 14.6. The Hall–Kier alpha value is -2.80. The molecule has 0 spiro atoms. The number of nitrogens with zero attached hydrogens (tertiary/aromatic N) is 4. The van der Waals surface area contributed by atoms with Gasteiger partial charge < -0.3 is 15.2 Å². The highest BCUT2D eigenvalue weighted by Crippen LogP contribution is 2.41. The number of pyridine rings is 1. The van der Waals surface area contributed by atoms with E-state index in [4.69, 9.17) is 10.7 Å². The van der Waals surface area contributed by atoms with Gasteiger partial charge in [0.25, 0.3) is 0 Å². The van der Waals surface area contributed by atoms with Gasteiger partial charge in [0.05, 0.1) is 11.1 Å². The van der Waals surface area contributed by atoms with Gasteiger partial charge in [0, 0.05) is 18.4 Å². The van der Waals surface area contributed by atoms with Crippen LogP contribution in [0, 0.1) is 22.7 Å². The van der Waals surface area contributed by atoms with E-state index in [1.165, 1.54) is 0 Å². The summed E-state index contributed by atoms with van der Waals surface area (Å²) in [7, 11) is -2.53. The summed E-state index contributed by atoms with van der Waals surface area (Å²) in [6, 6.07) is 11.5. The monoisotopic (exact) mass is 467 g/mol. The van der Waals surface area contributed by atoms with Crippen LogP contribution in [-0.2, 0) is 15.8 Å². The lowest BCUT2D eigenvalue weighted by Crippen LogP contribution is -2.23. The maximum atomic E-state index is 12.6. The fourth-order valence-corrected chi connectivity index (χ4v) is 5.80.